The van der Waals surface area contributed by atoms with Crippen LogP contribution in [0.2, 0.25) is 0 Å². The zero-order chi connectivity index (χ0) is 38.0. The van der Waals surface area contributed by atoms with Crippen molar-refractivity contribution in [1.29, 1.82) is 0 Å². The lowest BCUT2D eigenvalue weighted by atomic mass is 9.63. The number of fused-ring (bicyclic) bond motifs is 8. The average Bonchev–Trinajstić information content (AvgIpc) is 3.79. The van der Waals surface area contributed by atoms with Gasteiger partial charge in [0, 0.05) is 16.3 Å². The topological polar surface area (TPSA) is 30.7 Å². The van der Waals surface area contributed by atoms with Gasteiger partial charge in [-0.3, -0.25) is 4.57 Å². The summed E-state index contributed by atoms with van der Waals surface area (Å²) in [5.41, 5.74) is 18.1. The van der Waals surface area contributed by atoms with Gasteiger partial charge < -0.3 is 0 Å². The van der Waals surface area contributed by atoms with E-state index in [0.29, 0.717) is 0 Å². The van der Waals surface area contributed by atoms with Gasteiger partial charge in [0.15, 0.2) is 5.82 Å². The van der Waals surface area contributed by atoms with Crippen molar-refractivity contribution < 1.29 is 0 Å². The summed E-state index contributed by atoms with van der Waals surface area (Å²) in [5.74, 6) is 0.826. The van der Waals surface area contributed by atoms with E-state index >= 15 is 0 Å². The lowest BCUT2D eigenvalue weighted by Crippen LogP contribution is -2.30. The summed E-state index contributed by atoms with van der Waals surface area (Å²) >= 11 is 0. The van der Waals surface area contributed by atoms with Crippen LogP contribution >= 0.6 is 0 Å². The lowest BCUT2D eigenvalue weighted by molar-refractivity contribution is 0.783. The maximum Gasteiger partial charge on any atom is 0.165 e. The minimum absolute atomic E-state index is 0.470. The predicted octanol–water partition coefficient (Wildman–Crippen LogP) is 13.6. The van der Waals surface area contributed by atoms with Crippen LogP contribution in [-0.4, -0.2) is 14.5 Å². The molecule has 13 rings (SSSR count). The molecule has 1 spiro atoms. The van der Waals surface area contributed by atoms with E-state index in [1.54, 1.807) is 0 Å². The van der Waals surface area contributed by atoms with E-state index in [0.717, 1.165) is 50.3 Å². The van der Waals surface area contributed by atoms with E-state index in [9.17, 15) is 0 Å². The number of benzene rings is 9. The van der Waals surface area contributed by atoms with Crippen LogP contribution in [0.3, 0.4) is 0 Å². The average molecular weight is 736 g/mol. The van der Waals surface area contributed by atoms with Crippen molar-refractivity contribution in [3.63, 3.8) is 0 Å². The fourth-order valence-corrected chi connectivity index (χ4v) is 10.4. The number of para-hydroxylation sites is 2. The molecule has 3 heteroatoms. The van der Waals surface area contributed by atoms with E-state index in [1.807, 2.05) is 6.07 Å². The normalized spacial score (nSPS) is 13.3. The molecule has 0 saturated heterocycles. The number of hydrogen-bond donors (Lipinski definition) is 0. The molecule has 0 N–H and O–H groups in total. The molecule has 3 nitrogen and oxygen atoms in total. The summed E-state index contributed by atoms with van der Waals surface area (Å²) in [6.07, 6.45) is 0. The van der Waals surface area contributed by atoms with Crippen LogP contribution < -0.4 is 0 Å². The highest BCUT2D eigenvalue weighted by atomic mass is 15.1. The van der Waals surface area contributed by atoms with E-state index < -0.39 is 5.41 Å². The van der Waals surface area contributed by atoms with Crippen molar-refractivity contribution in [3.8, 4) is 50.5 Å². The molecule has 0 amide bonds. The Morgan fingerprint density at radius 3 is 1.64 bits per heavy atom. The van der Waals surface area contributed by atoms with Crippen LogP contribution in [0.5, 0.6) is 0 Å². The summed E-state index contributed by atoms with van der Waals surface area (Å²) in [7, 11) is 0. The Labute approximate surface area is 335 Å². The molecular formula is C55H33N3. The summed E-state index contributed by atoms with van der Waals surface area (Å²) in [4.78, 5) is 11.0. The van der Waals surface area contributed by atoms with E-state index in [1.165, 1.54) is 66.1 Å². The molecule has 268 valence electrons. The van der Waals surface area contributed by atoms with Gasteiger partial charge in [-0.25, -0.2) is 9.97 Å². The smallest absolute Gasteiger partial charge is 0.165 e. The minimum atomic E-state index is -0.470. The first-order chi connectivity index (χ1) is 28.8. The molecule has 58 heavy (non-hydrogen) atoms. The Morgan fingerprint density at radius 1 is 0.345 bits per heavy atom. The maximum atomic E-state index is 5.53. The first-order valence-corrected chi connectivity index (χ1v) is 20.0. The van der Waals surface area contributed by atoms with Gasteiger partial charge in [0.2, 0.25) is 0 Å². The Morgan fingerprint density at radius 2 is 0.879 bits per heavy atom. The summed E-state index contributed by atoms with van der Waals surface area (Å²) < 4.78 is 2.40. The van der Waals surface area contributed by atoms with Crippen LogP contribution in [0, 0.1) is 0 Å². The molecule has 9 aromatic carbocycles. The number of rotatable bonds is 4. The van der Waals surface area contributed by atoms with Crippen molar-refractivity contribution in [1.82, 2.24) is 14.5 Å². The summed E-state index contributed by atoms with van der Waals surface area (Å²) in [5, 5.41) is 5.11. The Balaban J connectivity index is 1.10. The van der Waals surface area contributed by atoms with Gasteiger partial charge in [-0.1, -0.05) is 170 Å². The first-order valence-electron chi connectivity index (χ1n) is 20.0. The Kier molecular flexibility index (Phi) is 6.37. The van der Waals surface area contributed by atoms with Crippen LogP contribution in [0.15, 0.2) is 200 Å². The molecule has 11 aromatic rings. The van der Waals surface area contributed by atoms with Gasteiger partial charge in [0.1, 0.15) is 5.69 Å². The Bertz CT molecular complexity index is 3460. The highest BCUT2D eigenvalue weighted by molar-refractivity contribution is 6.26. The molecule has 2 heterocycles. The van der Waals surface area contributed by atoms with Gasteiger partial charge >= 0.3 is 0 Å². The molecule has 0 aliphatic heterocycles. The van der Waals surface area contributed by atoms with Crippen molar-refractivity contribution in [2.75, 3.05) is 0 Å². The molecule has 0 fully saturated rings. The largest absolute Gasteiger partial charge is 0.292 e. The van der Waals surface area contributed by atoms with Crippen molar-refractivity contribution in [2.45, 2.75) is 5.41 Å². The van der Waals surface area contributed by atoms with Crippen molar-refractivity contribution >= 4 is 43.6 Å². The highest BCUT2D eigenvalue weighted by Crippen LogP contribution is 2.62. The molecule has 2 aromatic heterocycles. The van der Waals surface area contributed by atoms with Crippen molar-refractivity contribution in [3.05, 3.63) is 222 Å². The SMILES string of the molecule is c1ccc(-c2ccc(-c3cccc(-c4nc5ccccc5nc4-n4c5cccc6c5c5c7c(cccc7ccc54)C64c5ccccc5-c5ccccc54)c3)cc2)cc1. The number of nitrogens with zero attached hydrogens (tertiary/aromatic N) is 3. The molecular weight excluding hydrogens is 703 g/mol. The Hall–Kier alpha value is -7.62. The fourth-order valence-electron chi connectivity index (χ4n) is 10.4. The third-order valence-electron chi connectivity index (χ3n) is 12.8. The monoisotopic (exact) mass is 735 g/mol. The molecule has 0 unspecified atom stereocenters. The van der Waals surface area contributed by atoms with Gasteiger partial charge in [0.25, 0.3) is 0 Å². The molecule has 0 saturated carbocycles. The molecule has 2 aliphatic rings. The molecule has 0 bridgehead atoms. The quantitative estimate of drug-likeness (QED) is 0.180. The zero-order valence-electron chi connectivity index (χ0n) is 31.4. The standard InChI is InChI=1S/C55H33N3/c1-2-13-34(14-3-1)35-27-29-36(30-28-35)38-16-10-17-39(33-38)53-54(57-47-25-9-8-24-46(47)56-53)58-48-26-12-23-45-51(48)52-49(58)32-31-37-15-11-22-44(50(37)52)55(45)42-20-6-4-18-40(42)41-19-5-7-21-43(41)55/h1-33H. The third-order valence-corrected chi connectivity index (χ3v) is 12.8. The van der Waals surface area contributed by atoms with Gasteiger partial charge in [-0.15, -0.1) is 0 Å². The molecule has 0 radical (unpaired) electrons. The summed E-state index contributed by atoms with van der Waals surface area (Å²) in [6, 6.07) is 72.9. The van der Waals surface area contributed by atoms with E-state index in [-0.39, 0.29) is 0 Å². The number of aromatic nitrogens is 3. The highest BCUT2D eigenvalue weighted by Gasteiger charge is 2.50. The first kappa shape index (κ1) is 31.6. The van der Waals surface area contributed by atoms with Crippen LogP contribution in [0.25, 0.3) is 94.1 Å². The van der Waals surface area contributed by atoms with Gasteiger partial charge in [0.05, 0.1) is 27.5 Å². The second-order valence-corrected chi connectivity index (χ2v) is 15.6. The van der Waals surface area contributed by atoms with Gasteiger partial charge in [-0.2, -0.15) is 0 Å². The van der Waals surface area contributed by atoms with E-state index in [2.05, 4.69) is 199 Å². The van der Waals surface area contributed by atoms with Crippen LogP contribution in [-0.2, 0) is 5.41 Å². The maximum absolute atomic E-state index is 5.53. The fraction of sp³-hybridized carbons (Fsp3) is 0.0182. The van der Waals surface area contributed by atoms with Crippen LogP contribution in [0.1, 0.15) is 22.3 Å². The second kappa shape index (κ2) is 11.7. The van der Waals surface area contributed by atoms with E-state index in [4.69, 9.17) is 9.97 Å². The van der Waals surface area contributed by atoms with Crippen LogP contribution in [0.4, 0.5) is 0 Å². The van der Waals surface area contributed by atoms with Crippen molar-refractivity contribution in [2.24, 2.45) is 0 Å². The molecule has 2 aliphatic carbocycles. The third kappa shape index (κ3) is 4.12. The zero-order valence-corrected chi connectivity index (χ0v) is 31.4. The summed E-state index contributed by atoms with van der Waals surface area (Å²) in [6.45, 7) is 0. The number of hydrogen-bond acceptors (Lipinski definition) is 2. The molecule has 0 atom stereocenters. The minimum Gasteiger partial charge on any atom is -0.292 e. The van der Waals surface area contributed by atoms with Gasteiger partial charge in [-0.05, 0) is 96.7 Å². The lowest BCUT2D eigenvalue weighted by Gasteiger charge is -2.37. The second-order valence-electron chi connectivity index (χ2n) is 15.6. The predicted molar refractivity (Wildman–Crippen MR) is 239 cm³/mol.